The van der Waals surface area contributed by atoms with Crippen LogP contribution in [0.1, 0.15) is 10.4 Å². The molecule has 0 aliphatic rings. The summed E-state index contributed by atoms with van der Waals surface area (Å²) < 4.78 is 0. The van der Waals surface area contributed by atoms with Crippen LogP contribution in [-0.2, 0) is 4.79 Å². The molecule has 0 fully saturated rings. The lowest BCUT2D eigenvalue weighted by molar-refractivity contribution is -0.110. The molecule has 0 aliphatic heterocycles. The molecule has 0 aromatic carbocycles. The van der Waals surface area contributed by atoms with Crippen LogP contribution in [0.15, 0.2) is 37.2 Å². The van der Waals surface area contributed by atoms with E-state index in [0.29, 0.717) is 5.56 Å². The van der Waals surface area contributed by atoms with E-state index in [-0.39, 0.29) is 0 Å². The molecule has 0 unspecified atom stereocenters. The summed E-state index contributed by atoms with van der Waals surface area (Å²) >= 11 is 0. The van der Waals surface area contributed by atoms with Gasteiger partial charge in [0.25, 0.3) is 0 Å². The fourth-order valence-electron chi connectivity index (χ4n) is 0.738. The van der Waals surface area contributed by atoms with Crippen molar-refractivity contribution in [1.82, 2.24) is 4.98 Å². The van der Waals surface area contributed by atoms with Gasteiger partial charge in [0.15, 0.2) is 0 Å². The average molecular weight is 161 g/mol. The Kier molecular flexibility index (Phi) is 2.48. The number of rotatable bonds is 3. The van der Waals surface area contributed by atoms with Gasteiger partial charge in [-0.2, -0.15) is 0 Å². The summed E-state index contributed by atoms with van der Waals surface area (Å²) in [7, 11) is 0. The topological polar surface area (TPSA) is 47.0 Å². The number of aromatic nitrogens is 1. The van der Waals surface area contributed by atoms with Crippen molar-refractivity contribution in [3.05, 3.63) is 42.7 Å². The van der Waals surface area contributed by atoms with Crippen molar-refractivity contribution in [1.29, 1.82) is 0 Å². The second-order valence-electron chi connectivity index (χ2n) is 2.13. The largest absolute Gasteiger partial charge is 0.286 e. The fourth-order valence-corrected chi connectivity index (χ4v) is 0.738. The van der Waals surface area contributed by atoms with Gasteiger partial charge in [0, 0.05) is 18.0 Å². The van der Waals surface area contributed by atoms with Gasteiger partial charge < -0.3 is 0 Å². The molecule has 60 valence electrons. The van der Waals surface area contributed by atoms with Crippen molar-refractivity contribution in [2.45, 2.75) is 0 Å². The van der Waals surface area contributed by atoms with E-state index < -0.39 is 11.6 Å². The van der Waals surface area contributed by atoms with Gasteiger partial charge in [-0.25, -0.2) is 0 Å². The zero-order valence-electron chi connectivity index (χ0n) is 6.36. The summed E-state index contributed by atoms with van der Waals surface area (Å²) in [6, 6.07) is 2.98. The molecule has 0 amide bonds. The highest BCUT2D eigenvalue weighted by molar-refractivity contribution is 6.47. The zero-order valence-corrected chi connectivity index (χ0v) is 6.36. The molecule has 0 saturated heterocycles. The van der Waals surface area contributed by atoms with E-state index in [1.165, 1.54) is 24.5 Å². The van der Waals surface area contributed by atoms with E-state index in [2.05, 4.69) is 11.6 Å². The number of carbonyl (C=O) groups is 2. The van der Waals surface area contributed by atoms with Crippen LogP contribution in [0.5, 0.6) is 0 Å². The maximum Gasteiger partial charge on any atom is 0.232 e. The number of hydrogen-bond donors (Lipinski definition) is 0. The van der Waals surface area contributed by atoms with Crippen LogP contribution in [0, 0.1) is 0 Å². The summed E-state index contributed by atoms with van der Waals surface area (Å²) in [6.45, 7) is 3.22. The molecular formula is C9H7NO2. The first-order valence-electron chi connectivity index (χ1n) is 3.37. The third-order valence-corrected chi connectivity index (χ3v) is 1.35. The summed E-state index contributed by atoms with van der Waals surface area (Å²) in [5.74, 6) is -1.14. The number of Topliss-reactive ketones (excluding diaryl/α,β-unsaturated/α-hetero) is 1. The molecule has 0 spiro atoms. The molecule has 0 bridgehead atoms. The highest BCUT2D eigenvalue weighted by Gasteiger charge is 2.11. The third-order valence-electron chi connectivity index (χ3n) is 1.35. The minimum atomic E-state index is -0.596. The number of nitrogens with zero attached hydrogens (tertiary/aromatic N) is 1. The summed E-state index contributed by atoms with van der Waals surface area (Å²) in [5.41, 5.74) is 0.343. The highest BCUT2D eigenvalue weighted by Crippen LogP contribution is 1.98. The average Bonchev–Trinajstić information content (AvgIpc) is 2.17. The van der Waals surface area contributed by atoms with Gasteiger partial charge in [-0.3, -0.25) is 14.6 Å². The molecule has 3 heteroatoms. The molecule has 12 heavy (non-hydrogen) atoms. The Balaban J connectivity index is 2.93. The maximum atomic E-state index is 11.1. The minimum Gasteiger partial charge on any atom is -0.286 e. The molecule has 0 aliphatic carbocycles. The smallest absolute Gasteiger partial charge is 0.232 e. The maximum absolute atomic E-state index is 11.1. The lowest BCUT2D eigenvalue weighted by atomic mass is 10.1. The second kappa shape index (κ2) is 3.57. The molecule has 1 heterocycles. The van der Waals surface area contributed by atoms with E-state index in [0.717, 1.165) is 6.08 Å². The normalized spacial score (nSPS) is 9.00. The predicted octanol–water partition coefficient (Wildman–Crippen LogP) is 1.02. The Morgan fingerprint density at radius 3 is 2.42 bits per heavy atom. The number of hydrogen-bond acceptors (Lipinski definition) is 3. The van der Waals surface area contributed by atoms with Crippen molar-refractivity contribution in [3.63, 3.8) is 0 Å². The second-order valence-corrected chi connectivity index (χ2v) is 2.13. The van der Waals surface area contributed by atoms with E-state index in [1.807, 2.05) is 0 Å². The molecule has 0 saturated carbocycles. The van der Waals surface area contributed by atoms with Gasteiger partial charge in [-0.05, 0) is 18.2 Å². The number of ketones is 2. The molecule has 0 atom stereocenters. The molecule has 3 nitrogen and oxygen atoms in total. The molecular weight excluding hydrogens is 154 g/mol. The quantitative estimate of drug-likeness (QED) is 0.377. The molecule has 0 N–H and O–H groups in total. The first-order valence-corrected chi connectivity index (χ1v) is 3.37. The molecule has 0 radical (unpaired) electrons. The lowest BCUT2D eigenvalue weighted by Gasteiger charge is -1.93. The van der Waals surface area contributed by atoms with Gasteiger partial charge >= 0.3 is 0 Å². The van der Waals surface area contributed by atoms with E-state index in [4.69, 9.17) is 0 Å². The first kappa shape index (κ1) is 8.33. The van der Waals surface area contributed by atoms with Crippen LogP contribution >= 0.6 is 0 Å². The monoisotopic (exact) mass is 161 g/mol. The van der Waals surface area contributed by atoms with E-state index in [9.17, 15) is 9.59 Å². The van der Waals surface area contributed by atoms with Gasteiger partial charge in [0.1, 0.15) is 0 Å². The minimum absolute atomic E-state index is 0.343. The van der Waals surface area contributed by atoms with Crippen molar-refractivity contribution >= 4 is 11.6 Å². The predicted molar refractivity (Wildman–Crippen MR) is 43.8 cm³/mol. The Morgan fingerprint density at radius 1 is 1.33 bits per heavy atom. The summed E-state index contributed by atoms with van der Waals surface area (Å²) in [5, 5.41) is 0. The summed E-state index contributed by atoms with van der Waals surface area (Å²) in [6.07, 6.45) is 3.93. The van der Waals surface area contributed by atoms with Gasteiger partial charge in [-0.15, -0.1) is 0 Å². The highest BCUT2D eigenvalue weighted by atomic mass is 16.2. The van der Waals surface area contributed by atoms with Crippen LogP contribution in [0.25, 0.3) is 0 Å². The van der Waals surface area contributed by atoms with Crippen molar-refractivity contribution in [2.75, 3.05) is 0 Å². The van der Waals surface area contributed by atoms with E-state index >= 15 is 0 Å². The van der Waals surface area contributed by atoms with Crippen molar-refractivity contribution < 1.29 is 9.59 Å². The lowest BCUT2D eigenvalue weighted by Crippen LogP contribution is -2.10. The Labute approximate surface area is 69.7 Å². The Morgan fingerprint density at radius 2 is 1.92 bits per heavy atom. The van der Waals surface area contributed by atoms with Crippen LogP contribution in [0.4, 0.5) is 0 Å². The van der Waals surface area contributed by atoms with Crippen LogP contribution < -0.4 is 0 Å². The number of pyridine rings is 1. The van der Waals surface area contributed by atoms with E-state index in [1.54, 1.807) is 0 Å². The zero-order chi connectivity index (χ0) is 8.97. The standard InChI is InChI=1S/C9H7NO2/c1-2-8(11)9(12)7-3-5-10-6-4-7/h2-6H,1H2. The SMILES string of the molecule is C=CC(=O)C(=O)c1ccncc1. The number of allylic oxidation sites excluding steroid dienone is 1. The van der Waals surface area contributed by atoms with Crippen molar-refractivity contribution in [3.8, 4) is 0 Å². The van der Waals surface area contributed by atoms with Crippen LogP contribution in [0.3, 0.4) is 0 Å². The van der Waals surface area contributed by atoms with Crippen molar-refractivity contribution in [2.24, 2.45) is 0 Å². The van der Waals surface area contributed by atoms with Gasteiger partial charge in [-0.1, -0.05) is 6.58 Å². The Hall–Kier alpha value is -1.77. The van der Waals surface area contributed by atoms with Crippen LogP contribution in [-0.4, -0.2) is 16.6 Å². The fraction of sp³-hybridized carbons (Fsp3) is 0. The van der Waals surface area contributed by atoms with Gasteiger partial charge in [0.2, 0.25) is 11.6 Å². The molecule has 1 rings (SSSR count). The first-order chi connectivity index (χ1) is 5.75. The Bertz CT molecular complexity index is 317. The molecule has 1 aromatic rings. The van der Waals surface area contributed by atoms with Gasteiger partial charge in [0.05, 0.1) is 0 Å². The van der Waals surface area contributed by atoms with Crippen LogP contribution in [0.2, 0.25) is 0 Å². The third kappa shape index (κ3) is 1.63. The molecule has 1 aromatic heterocycles. The number of carbonyl (C=O) groups excluding carboxylic acids is 2. The summed E-state index contributed by atoms with van der Waals surface area (Å²) in [4.78, 5) is 25.7.